The van der Waals surface area contributed by atoms with Gasteiger partial charge in [0.05, 0.1) is 5.25 Å². The highest BCUT2D eigenvalue weighted by Gasteiger charge is 2.53. The molecule has 3 rings (SSSR count). The van der Waals surface area contributed by atoms with Gasteiger partial charge in [-0.2, -0.15) is 17.5 Å². The maximum absolute atomic E-state index is 12.1. The number of ether oxygens (including phenoxy) is 1. The zero-order chi connectivity index (χ0) is 21.2. The molecule has 1 atom stereocenters. The quantitative estimate of drug-likeness (QED) is 0.765. The predicted molar refractivity (Wildman–Crippen MR) is 97.8 cm³/mol. The molecule has 0 saturated carbocycles. The van der Waals surface area contributed by atoms with Crippen LogP contribution in [0, 0.1) is 0 Å². The third-order valence-corrected chi connectivity index (χ3v) is 7.97. The largest absolute Gasteiger partial charge is 0.490 e. The van der Waals surface area contributed by atoms with Crippen molar-refractivity contribution < 1.29 is 36.2 Å². The van der Waals surface area contributed by atoms with Crippen LogP contribution in [0.25, 0.3) is 0 Å². The van der Waals surface area contributed by atoms with Gasteiger partial charge in [-0.25, -0.2) is 18.2 Å². The number of rotatable bonds is 4. The third-order valence-electron chi connectivity index (χ3n) is 4.23. The molecule has 7 nitrogen and oxygen atoms in total. The number of halogens is 3. The van der Waals surface area contributed by atoms with E-state index in [1.807, 2.05) is 30.0 Å². The van der Waals surface area contributed by atoms with Gasteiger partial charge in [-0.15, -0.1) is 11.8 Å². The first-order chi connectivity index (χ1) is 12.9. The maximum Gasteiger partial charge on any atom is 0.490 e. The van der Waals surface area contributed by atoms with Crippen molar-refractivity contribution in [1.29, 1.82) is 0 Å². The van der Waals surface area contributed by atoms with Crippen molar-refractivity contribution in [3.63, 3.8) is 0 Å². The van der Waals surface area contributed by atoms with Crippen LogP contribution >= 0.6 is 11.8 Å². The Hall–Kier alpha value is -1.53. The number of aliphatic carboxylic acids is 1. The Morgan fingerprint density at radius 2 is 2.00 bits per heavy atom. The van der Waals surface area contributed by atoms with Crippen LogP contribution in [0.2, 0.25) is 0 Å². The molecule has 158 valence electrons. The number of thioether (sulfide) groups is 1. The number of sulfonamides is 1. The summed E-state index contributed by atoms with van der Waals surface area (Å²) in [4.78, 5) is 13.1. The lowest BCUT2D eigenvalue weighted by Gasteiger charge is -2.46. The number of carboxylic acids is 1. The molecular formula is C16H21F3N2O5S2. The van der Waals surface area contributed by atoms with Crippen molar-refractivity contribution in [2.45, 2.75) is 42.5 Å². The standard InChI is InChI=1S/C14H20N2O3S2.C2HF3O2/c1-11(2)21(17,18)16-9-14(10-16)7-12(8-20-14)19-13-5-3-4-6-15-13;3-2(4,5)1(6)7/h3-6,11-12H,7-10H2,1-2H3;(H,6,7). The van der Waals surface area contributed by atoms with Crippen LogP contribution in [0.5, 0.6) is 5.88 Å². The summed E-state index contributed by atoms with van der Waals surface area (Å²) in [6.45, 7) is 4.69. The van der Waals surface area contributed by atoms with Crippen LogP contribution in [0.4, 0.5) is 13.2 Å². The van der Waals surface area contributed by atoms with Gasteiger partial charge >= 0.3 is 12.1 Å². The normalized spacial score (nSPS) is 21.7. The Kier molecular flexibility index (Phi) is 6.87. The molecule has 1 aromatic rings. The average Bonchev–Trinajstić information content (AvgIpc) is 2.98. The highest BCUT2D eigenvalue weighted by Crippen LogP contribution is 2.47. The molecule has 0 amide bonds. The minimum Gasteiger partial charge on any atom is -0.475 e. The molecule has 0 aliphatic carbocycles. The number of carboxylic acid groups (broad SMARTS) is 1. The number of aromatic nitrogens is 1. The second kappa shape index (κ2) is 8.46. The summed E-state index contributed by atoms with van der Waals surface area (Å²) in [5.41, 5.74) is 0. The van der Waals surface area contributed by atoms with E-state index < -0.39 is 22.2 Å². The molecule has 0 aromatic carbocycles. The van der Waals surface area contributed by atoms with E-state index in [-0.39, 0.29) is 16.1 Å². The monoisotopic (exact) mass is 442 g/mol. The van der Waals surface area contributed by atoms with Gasteiger partial charge in [0.15, 0.2) is 0 Å². The van der Waals surface area contributed by atoms with Gasteiger partial charge in [0.25, 0.3) is 0 Å². The van der Waals surface area contributed by atoms with E-state index in [2.05, 4.69) is 4.98 Å². The number of hydrogen-bond donors (Lipinski definition) is 1. The van der Waals surface area contributed by atoms with Gasteiger partial charge in [0.1, 0.15) is 6.10 Å². The summed E-state index contributed by atoms with van der Waals surface area (Å²) >= 11 is 1.83. The topological polar surface area (TPSA) is 96.8 Å². The minimum atomic E-state index is -5.08. The molecule has 0 bridgehead atoms. The fraction of sp³-hybridized carbons (Fsp3) is 0.625. The van der Waals surface area contributed by atoms with Crippen molar-refractivity contribution in [3.8, 4) is 5.88 Å². The zero-order valence-electron chi connectivity index (χ0n) is 15.2. The molecule has 2 fully saturated rings. The SMILES string of the molecule is CC(C)S(=O)(=O)N1CC2(CC(Oc3ccccn3)CS2)C1.O=C(O)C(F)(F)F. The van der Waals surface area contributed by atoms with Crippen molar-refractivity contribution in [1.82, 2.24) is 9.29 Å². The summed E-state index contributed by atoms with van der Waals surface area (Å²) in [6, 6.07) is 5.62. The number of hydrogen-bond acceptors (Lipinski definition) is 6. The lowest BCUT2D eigenvalue weighted by atomic mass is 9.95. The number of alkyl halides is 3. The Morgan fingerprint density at radius 3 is 2.46 bits per heavy atom. The summed E-state index contributed by atoms with van der Waals surface area (Å²) in [6.07, 6.45) is -2.36. The Labute approximate surface area is 165 Å². The summed E-state index contributed by atoms with van der Waals surface area (Å²) in [7, 11) is -3.11. The molecule has 1 unspecified atom stereocenters. The van der Waals surface area contributed by atoms with E-state index in [1.165, 1.54) is 0 Å². The lowest BCUT2D eigenvalue weighted by Crippen LogP contribution is -2.61. The average molecular weight is 442 g/mol. The molecule has 2 saturated heterocycles. The highest BCUT2D eigenvalue weighted by atomic mass is 32.2. The van der Waals surface area contributed by atoms with Crippen LogP contribution < -0.4 is 4.74 Å². The van der Waals surface area contributed by atoms with Crippen molar-refractivity contribution >= 4 is 27.8 Å². The lowest BCUT2D eigenvalue weighted by molar-refractivity contribution is -0.192. The number of pyridine rings is 1. The summed E-state index contributed by atoms with van der Waals surface area (Å²) < 4.78 is 63.5. The number of nitrogens with zero attached hydrogens (tertiary/aromatic N) is 2. The summed E-state index contributed by atoms with van der Waals surface area (Å²) in [5.74, 6) is -1.22. The van der Waals surface area contributed by atoms with E-state index in [4.69, 9.17) is 14.6 Å². The van der Waals surface area contributed by atoms with Gasteiger partial charge in [0.2, 0.25) is 15.9 Å². The van der Waals surface area contributed by atoms with Crippen LogP contribution in [-0.4, -0.2) is 69.9 Å². The molecular weight excluding hydrogens is 421 g/mol. The Bertz CT molecular complexity index is 781. The highest BCUT2D eigenvalue weighted by molar-refractivity contribution is 8.01. The van der Waals surface area contributed by atoms with Crippen LogP contribution in [0.3, 0.4) is 0 Å². The first-order valence-corrected chi connectivity index (χ1v) is 10.9. The van der Waals surface area contributed by atoms with Crippen LogP contribution in [0.15, 0.2) is 24.4 Å². The van der Waals surface area contributed by atoms with Gasteiger partial charge in [-0.1, -0.05) is 6.07 Å². The molecule has 1 spiro atoms. The van der Waals surface area contributed by atoms with Gasteiger partial charge in [-0.05, 0) is 19.9 Å². The molecule has 2 aliphatic rings. The van der Waals surface area contributed by atoms with Gasteiger partial charge in [-0.3, -0.25) is 0 Å². The zero-order valence-corrected chi connectivity index (χ0v) is 16.9. The first kappa shape index (κ1) is 22.8. The Morgan fingerprint density at radius 1 is 1.39 bits per heavy atom. The predicted octanol–water partition coefficient (Wildman–Crippen LogP) is 2.39. The van der Waals surface area contributed by atoms with Crippen molar-refractivity contribution in [2.24, 2.45) is 0 Å². The first-order valence-electron chi connectivity index (χ1n) is 8.36. The maximum atomic E-state index is 12.1. The molecule has 1 aromatic heterocycles. The van der Waals surface area contributed by atoms with E-state index >= 15 is 0 Å². The van der Waals surface area contributed by atoms with Crippen LogP contribution in [-0.2, 0) is 14.8 Å². The molecule has 28 heavy (non-hydrogen) atoms. The molecule has 0 radical (unpaired) electrons. The summed E-state index contributed by atoms with van der Waals surface area (Å²) in [5, 5.41) is 6.78. The molecule has 3 heterocycles. The third kappa shape index (κ3) is 5.51. The van der Waals surface area contributed by atoms with Gasteiger partial charge < -0.3 is 9.84 Å². The van der Waals surface area contributed by atoms with E-state index in [0.717, 1.165) is 12.2 Å². The van der Waals surface area contributed by atoms with E-state index in [0.29, 0.717) is 19.0 Å². The fourth-order valence-corrected chi connectivity index (χ4v) is 5.90. The smallest absolute Gasteiger partial charge is 0.475 e. The van der Waals surface area contributed by atoms with Gasteiger partial charge in [0, 0.05) is 42.3 Å². The Balaban J connectivity index is 0.000000345. The van der Waals surface area contributed by atoms with E-state index in [1.54, 1.807) is 24.3 Å². The fourth-order valence-electron chi connectivity index (χ4n) is 2.76. The molecule has 12 heteroatoms. The van der Waals surface area contributed by atoms with Crippen LogP contribution in [0.1, 0.15) is 20.3 Å². The second-order valence-electron chi connectivity index (χ2n) is 6.77. The van der Waals surface area contributed by atoms with E-state index in [9.17, 15) is 21.6 Å². The minimum absolute atomic E-state index is 0.0431. The van der Waals surface area contributed by atoms with Crippen molar-refractivity contribution in [2.75, 3.05) is 18.8 Å². The molecule has 1 N–H and O–H groups in total. The second-order valence-corrected chi connectivity index (χ2v) is 10.7. The van der Waals surface area contributed by atoms with Crippen molar-refractivity contribution in [3.05, 3.63) is 24.4 Å². The molecule has 2 aliphatic heterocycles. The number of carbonyl (C=O) groups is 1.